The first-order valence-corrected chi connectivity index (χ1v) is 9.55. The molecule has 5 heteroatoms. The molecule has 0 aliphatic carbocycles. The van der Waals surface area contributed by atoms with Gasteiger partial charge in [0.1, 0.15) is 5.82 Å². The van der Waals surface area contributed by atoms with E-state index in [0.29, 0.717) is 42.7 Å². The van der Waals surface area contributed by atoms with Gasteiger partial charge >= 0.3 is 0 Å². The van der Waals surface area contributed by atoms with Gasteiger partial charge in [-0.15, -0.1) is 0 Å². The first-order chi connectivity index (χ1) is 13.0. The lowest BCUT2D eigenvalue weighted by Gasteiger charge is -2.29. The van der Waals surface area contributed by atoms with Crippen LogP contribution < -0.4 is 0 Å². The zero-order valence-corrected chi connectivity index (χ0v) is 15.7. The summed E-state index contributed by atoms with van der Waals surface area (Å²) in [4.78, 5) is 0. The summed E-state index contributed by atoms with van der Waals surface area (Å²) < 4.78 is 54.4. The fourth-order valence-electron chi connectivity index (χ4n) is 3.59. The quantitative estimate of drug-likeness (QED) is 0.616. The molecule has 2 nitrogen and oxygen atoms in total. The topological polar surface area (TPSA) is 18.5 Å². The number of hydrogen-bond acceptors (Lipinski definition) is 2. The first-order valence-electron chi connectivity index (χ1n) is 9.55. The maximum atomic E-state index is 14.7. The lowest BCUT2D eigenvalue weighted by Crippen LogP contribution is -2.27. The first kappa shape index (κ1) is 19.9. The number of halogens is 3. The largest absolute Gasteiger partial charge is 0.353 e. The van der Waals surface area contributed by atoms with Crippen LogP contribution in [-0.4, -0.2) is 19.5 Å². The van der Waals surface area contributed by atoms with Crippen LogP contribution in [0.3, 0.4) is 0 Å². The van der Waals surface area contributed by atoms with Crippen molar-refractivity contribution in [3.05, 3.63) is 58.9 Å². The highest BCUT2D eigenvalue weighted by molar-refractivity contribution is 5.65. The van der Waals surface area contributed by atoms with E-state index < -0.39 is 17.5 Å². The summed E-state index contributed by atoms with van der Waals surface area (Å²) in [6, 6.07) is 7.67. The van der Waals surface area contributed by atoms with Crippen LogP contribution in [0.4, 0.5) is 13.2 Å². The minimum atomic E-state index is -0.923. The molecule has 27 heavy (non-hydrogen) atoms. The minimum Gasteiger partial charge on any atom is -0.353 e. The molecule has 2 atom stereocenters. The van der Waals surface area contributed by atoms with Gasteiger partial charge in [-0.25, -0.2) is 13.2 Å². The Hall–Kier alpha value is -1.85. The second kappa shape index (κ2) is 8.89. The summed E-state index contributed by atoms with van der Waals surface area (Å²) in [6.07, 6.45) is 2.44. The highest BCUT2D eigenvalue weighted by Gasteiger charge is 2.25. The molecule has 0 spiro atoms. The van der Waals surface area contributed by atoms with E-state index >= 15 is 0 Å². The van der Waals surface area contributed by atoms with Gasteiger partial charge in [0.05, 0.1) is 6.61 Å². The normalized spacial score (nSPS) is 20.0. The maximum absolute atomic E-state index is 14.7. The van der Waals surface area contributed by atoms with Crippen LogP contribution in [0.15, 0.2) is 30.3 Å². The van der Waals surface area contributed by atoms with Crippen molar-refractivity contribution < 1.29 is 22.6 Å². The maximum Gasteiger partial charge on any atom is 0.166 e. The molecule has 1 saturated heterocycles. The molecule has 0 radical (unpaired) electrons. The molecular formula is C22H25F3O2. The van der Waals surface area contributed by atoms with E-state index in [2.05, 4.69) is 0 Å². The van der Waals surface area contributed by atoms with E-state index in [0.717, 1.165) is 12.8 Å². The SMILES string of the molecule is CCCc1ccc(-c2ccc(C3CCC(OCC)OC3)c(F)c2)c(F)c1F. The number of aryl methyl sites for hydroxylation is 1. The Bertz CT molecular complexity index is 783. The van der Waals surface area contributed by atoms with E-state index in [4.69, 9.17) is 9.47 Å². The monoisotopic (exact) mass is 378 g/mol. The zero-order chi connectivity index (χ0) is 19.4. The van der Waals surface area contributed by atoms with Gasteiger partial charge in [0, 0.05) is 18.1 Å². The van der Waals surface area contributed by atoms with Crippen molar-refractivity contribution in [3.8, 4) is 11.1 Å². The van der Waals surface area contributed by atoms with Crippen LogP contribution in [-0.2, 0) is 15.9 Å². The van der Waals surface area contributed by atoms with Crippen LogP contribution >= 0.6 is 0 Å². The van der Waals surface area contributed by atoms with Gasteiger partial charge < -0.3 is 9.47 Å². The third-order valence-electron chi connectivity index (χ3n) is 5.02. The standard InChI is InChI=1S/C22H25F3O2/c1-3-5-14-6-10-18(22(25)21(14)24)15-7-9-17(19(23)12-15)16-8-11-20(26-4-2)27-13-16/h6-7,9-10,12,16,20H,3-5,8,11,13H2,1-2H3. The fourth-order valence-corrected chi connectivity index (χ4v) is 3.59. The number of benzene rings is 2. The molecular weight excluding hydrogens is 353 g/mol. The molecule has 2 unspecified atom stereocenters. The molecule has 1 heterocycles. The van der Waals surface area contributed by atoms with Crippen molar-refractivity contribution >= 4 is 0 Å². The average molecular weight is 378 g/mol. The molecule has 2 aromatic carbocycles. The lowest BCUT2D eigenvalue weighted by molar-refractivity contribution is -0.164. The third kappa shape index (κ3) is 4.36. The molecule has 1 aliphatic rings. The Kier molecular flexibility index (Phi) is 6.55. The fraction of sp³-hybridized carbons (Fsp3) is 0.455. The van der Waals surface area contributed by atoms with E-state index in [1.54, 1.807) is 18.2 Å². The van der Waals surface area contributed by atoms with E-state index in [1.165, 1.54) is 12.1 Å². The van der Waals surface area contributed by atoms with Crippen molar-refractivity contribution in [2.24, 2.45) is 0 Å². The molecule has 3 rings (SSSR count). The molecule has 1 aliphatic heterocycles. The van der Waals surface area contributed by atoms with Gasteiger partial charge in [-0.05, 0) is 48.9 Å². The molecule has 0 aromatic heterocycles. The summed E-state index contributed by atoms with van der Waals surface area (Å²) in [5, 5.41) is 0. The van der Waals surface area contributed by atoms with Gasteiger partial charge in [-0.1, -0.05) is 37.6 Å². The summed E-state index contributed by atoms with van der Waals surface area (Å²) in [6.45, 7) is 4.78. The lowest BCUT2D eigenvalue weighted by atomic mass is 9.91. The number of rotatable bonds is 6. The predicted molar refractivity (Wildman–Crippen MR) is 99.1 cm³/mol. The smallest absolute Gasteiger partial charge is 0.166 e. The zero-order valence-electron chi connectivity index (χ0n) is 15.7. The number of ether oxygens (including phenoxy) is 2. The van der Waals surface area contributed by atoms with Crippen LogP contribution in [0, 0.1) is 17.5 Å². The van der Waals surface area contributed by atoms with Gasteiger partial charge in [0.25, 0.3) is 0 Å². The Morgan fingerprint density at radius 3 is 2.48 bits per heavy atom. The Morgan fingerprint density at radius 2 is 1.85 bits per heavy atom. The Labute approximate surface area is 158 Å². The third-order valence-corrected chi connectivity index (χ3v) is 5.02. The summed E-state index contributed by atoms with van der Waals surface area (Å²) in [7, 11) is 0. The van der Waals surface area contributed by atoms with Crippen LogP contribution in [0.2, 0.25) is 0 Å². The minimum absolute atomic E-state index is 0.0655. The Morgan fingerprint density at radius 1 is 1.04 bits per heavy atom. The number of hydrogen-bond donors (Lipinski definition) is 0. The second-order valence-corrected chi connectivity index (χ2v) is 6.88. The molecule has 2 aromatic rings. The highest BCUT2D eigenvalue weighted by Crippen LogP contribution is 2.33. The van der Waals surface area contributed by atoms with E-state index in [9.17, 15) is 13.2 Å². The van der Waals surface area contributed by atoms with E-state index in [1.807, 2.05) is 13.8 Å². The van der Waals surface area contributed by atoms with Crippen molar-refractivity contribution in [1.82, 2.24) is 0 Å². The van der Waals surface area contributed by atoms with Crippen LogP contribution in [0.5, 0.6) is 0 Å². The average Bonchev–Trinajstić information content (AvgIpc) is 2.67. The molecule has 146 valence electrons. The van der Waals surface area contributed by atoms with Crippen LogP contribution in [0.1, 0.15) is 50.2 Å². The predicted octanol–water partition coefficient (Wildman–Crippen LogP) is 5.98. The summed E-state index contributed by atoms with van der Waals surface area (Å²) in [5.74, 6) is -2.26. The van der Waals surface area contributed by atoms with Gasteiger partial charge in [-0.2, -0.15) is 0 Å². The van der Waals surface area contributed by atoms with E-state index in [-0.39, 0.29) is 17.8 Å². The van der Waals surface area contributed by atoms with Gasteiger partial charge in [-0.3, -0.25) is 0 Å². The molecule has 0 amide bonds. The van der Waals surface area contributed by atoms with Gasteiger partial charge in [0.15, 0.2) is 17.9 Å². The molecule has 0 saturated carbocycles. The van der Waals surface area contributed by atoms with Gasteiger partial charge in [0.2, 0.25) is 0 Å². The van der Waals surface area contributed by atoms with Crippen LogP contribution in [0.25, 0.3) is 11.1 Å². The summed E-state index contributed by atoms with van der Waals surface area (Å²) in [5.41, 5.74) is 1.30. The molecule has 0 bridgehead atoms. The van der Waals surface area contributed by atoms with Crippen molar-refractivity contribution in [3.63, 3.8) is 0 Å². The molecule has 1 fully saturated rings. The van der Waals surface area contributed by atoms with Crippen molar-refractivity contribution in [2.75, 3.05) is 13.2 Å². The molecule has 0 N–H and O–H groups in total. The van der Waals surface area contributed by atoms with Crippen molar-refractivity contribution in [1.29, 1.82) is 0 Å². The highest BCUT2D eigenvalue weighted by atomic mass is 19.2. The van der Waals surface area contributed by atoms with Crippen molar-refractivity contribution in [2.45, 2.75) is 51.7 Å². The summed E-state index contributed by atoms with van der Waals surface area (Å²) >= 11 is 0. The Balaban J connectivity index is 1.80. The second-order valence-electron chi connectivity index (χ2n) is 6.88.